The number of aromatic nitrogens is 4. The van der Waals surface area contributed by atoms with Crippen molar-refractivity contribution >= 4 is 16.9 Å². The second kappa shape index (κ2) is 7.17. The lowest BCUT2D eigenvalue weighted by Crippen LogP contribution is -2.16. The van der Waals surface area contributed by atoms with E-state index in [-0.39, 0.29) is 0 Å². The van der Waals surface area contributed by atoms with Crippen LogP contribution in [0.25, 0.3) is 11.0 Å². The standard InChI is InChI=1S/C19H22FN5/c20-17(14-4-2-1-3-5-14)9-7-13-6-8-15(10-13)24-18-16-11-23-25-19(16)22-12-21-18/h1-5,11-13,15,17H,6-10H2,(H2,21,22,23,24,25). The molecule has 4 rings (SSSR count). The molecule has 5 nitrogen and oxygen atoms in total. The van der Waals surface area contributed by atoms with E-state index in [2.05, 4.69) is 25.5 Å². The Morgan fingerprint density at radius 1 is 1.20 bits per heavy atom. The summed E-state index contributed by atoms with van der Waals surface area (Å²) < 4.78 is 14.3. The number of fused-ring (bicyclic) bond motifs is 1. The first kappa shape index (κ1) is 16.0. The van der Waals surface area contributed by atoms with Crippen molar-refractivity contribution in [2.45, 2.75) is 44.3 Å². The number of hydrogen-bond acceptors (Lipinski definition) is 4. The molecular formula is C19H22FN5. The molecule has 0 spiro atoms. The molecule has 1 aromatic carbocycles. The van der Waals surface area contributed by atoms with Gasteiger partial charge in [0.25, 0.3) is 0 Å². The van der Waals surface area contributed by atoms with E-state index < -0.39 is 6.17 Å². The lowest BCUT2D eigenvalue weighted by molar-refractivity contribution is 0.293. The summed E-state index contributed by atoms with van der Waals surface area (Å²) in [5.74, 6) is 1.40. The van der Waals surface area contributed by atoms with Gasteiger partial charge in [-0.15, -0.1) is 0 Å². The van der Waals surface area contributed by atoms with Crippen molar-refractivity contribution in [2.75, 3.05) is 5.32 Å². The molecule has 130 valence electrons. The third kappa shape index (κ3) is 3.62. The van der Waals surface area contributed by atoms with E-state index in [4.69, 9.17) is 0 Å². The van der Waals surface area contributed by atoms with Crippen LogP contribution in [0.2, 0.25) is 0 Å². The second-order valence-electron chi connectivity index (χ2n) is 6.83. The lowest BCUT2D eigenvalue weighted by Gasteiger charge is -2.15. The van der Waals surface area contributed by atoms with Gasteiger partial charge in [0.15, 0.2) is 5.65 Å². The van der Waals surface area contributed by atoms with Crippen LogP contribution >= 0.6 is 0 Å². The van der Waals surface area contributed by atoms with E-state index in [9.17, 15) is 4.39 Å². The summed E-state index contributed by atoms with van der Waals surface area (Å²) >= 11 is 0. The van der Waals surface area contributed by atoms with Gasteiger partial charge in [-0.25, -0.2) is 14.4 Å². The number of H-pyrrole nitrogens is 1. The van der Waals surface area contributed by atoms with Gasteiger partial charge in [-0.2, -0.15) is 5.10 Å². The zero-order valence-corrected chi connectivity index (χ0v) is 14.0. The summed E-state index contributed by atoms with van der Waals surface area (Å²) in [6.07, 6.45) is 7.25. The topological polar surface area (TPSA) is 66.5 Å². The normalized spacial score (nSPS) is 21.5. The predicted molar refractivity (Wildman–Crippen MR) is 96.0 cm³/mol. The maximum atomic E-state index is 14.3. The average molecular weight is 339 g/mol. The average Bonchev–Trinajstić information content (AvgIpc) is 3.30. The van der Waals surface area contributed by atoms with Crippen molar-refractivity contribution < 1.29 is 4.39 Å². The highest BCUT2D eigenvalue weighted by Gasteiger charge is 2.26. The van der Waals surface area contributed by atoms with Gasteiger partial charge in [0.1, 0.15) is 18.3 Å². The quantitative estimate of drug-likeness (QED) is 0.697. The third-order valence-corrected chi connectivity index (χ3v) is 5.12. The fourth-order valence-electron chi connectivity index (χ4n) is 3.75. The van der Waals surface area contributed by atoms with E-state index in [0.717, 1.165) is 48.1 Å². The number of hydrogen-bond donors (Lipinski definition) is 2. The Kier molecular flexibility index (Phi) is 4.59. The van der Waals surface area contributed by atoms with Crippen molar-refractivity contribution in [1.29, 1.82) is 0 Å². The van der Waals surface area contributed by atoms with E-state index in [0.29, 0.717) is 18.4 Å². The Labute approximate surface area is 146 Å². The minimum absolute atomic E-state index is 0.382. The molecule has 3 atom stereocenters. The van der Waals surface area contributed by atoms with Gasteiger partial charge in [0.05, 0.1) is 11.6 Å². The third-order valence-electron chi connectivity index (χ3n) is 5.12. The van der Waals surface area contributed by atoms with Crippen LogP contribution in [0.1, 0.15) is 43.8 Å². The Hall–Kier alpha value is -2.50. The van der Waals surface area contributed by atoms with E-state index in [1.165, 1.54) is 0 Å². The smallest absolute Gasteiger partial charge is 0.160 e. The molecule has 0 amide bonds. The minimum Gasteiger partial charge on any atom is -0.367 e. The number of alkyl halides is 1. The maximum Gasteiger partial charge on any atom is 0.160 e. The van der Waals surface area contributed by atoms with Crippen LogP contribution in [0.4, 0.5) is 10.2 Å². The van der Waals surface area contributed by atoms with E-state index >= 15 is 0 Å². The van der Waals surface area contributed by atoms with Crippen molar-refractivity contribution in [3.05, 3.63) is 48.4 Å². The van der Waals surface area contributed by atoms with Gasteiger partial charge in [0, 0.05) is 6.04 Å². The number of nitrogens with zero attached hydrogens (tertiary/aromatic N) is 3. The van der Waals surface area contributed by atoms with Crippen LogP contribution in [-0.4, -0.2) is 26.2 Å². The fraction of sp³-hybridized carbons (Fsp3) is 0.421. The molecule has 1 aliphatic carbocycles. The van der Waals surface area contributed by atoms with Crippen LogP contribution in [0, 0.1) is 5.92 Å². The predicted octanol–water partition coefficient (Wildman–Crippen LogP) is 4.42. The van der Waals surface area contributed by atoms with E-state index in [1.807, 2.05) is 30.3 Å². The molecule has 25 heavy (non-hydrogen) atoms. The van der Waals surface area contributed by atoms with Gasteiger partial charge in [0.2, 0.25) is 0 Å². The summed E-state index contributed by atoms with van der Waals surface area (Å²) in [5.41, 5.74) is 1.54. The number of nitrogens with one attached hydrogen (secondary N) is 2. The lowest BCUT2D eigenvalue weighted by atomic mass is 9.97. The first-order valence-electron chi connectivity index (χ1n) is 8.89. The molecule has 0 bridgehead atoms. The SMILES string of the molecule is FC(CCC1CCC(Nc2ncnc3[nH]ncc23)C1)c1ccccc1. The Bertz CT molecular complexity index is 819. The Morgan fingerprint density at radius 3 is 2.96 bits per heavy atom. The molecule has 3 unspecified atom stereocenters. The van der Waals surface area contributed by atoms with Crippen molar-refractivity contribution in [2.24, 2.45) is 5.92 Å². The van der Waals surface area contributed by atoms with Crippen LogP contribution in [0.15, 0.2) is 42.9 Å². The van der Waals surface area contributed by atoms with E-state index in [1.54, 1.807) is 12.5 Å². The molecule has 0 saturated heterocycles. The number of halogens is 1. The van der Waals surface area contributed by atoms with Crippen LogP contribution < -0.4 is 5.32 Å². The molecule has 2 heterocycles. The summed E-state index contributed by atoms with van der Waals surface area (Å²) in [4.78, 5) is 8.50. The van der Waals surface area contributed by atoms with Crippen LogP contribution in [0.3, 0.4) is 0 Å². The molecular weight excluding hydrogens is 317 g/mol. The Morgan fingerprint density at radius 2 is 2.08 bits per heavy atom. The highest BCUT2D eigenvalue weighted by atomic mass is 19.1. The minimum atomic E-state index is -0.861. The largest absolute Gasteiger partial charge is 0.367 e. The molecule has 1 fully saturated rings. The molecule has 2 aromatic heterocycles. The number of rotatable bonds is 6. The molecule has 1 aliphatic rings. The molecule has 0 radical (unpaired) electrons. The second-order valence-corrected chi connectivity index (χ2v) is 6.83. The zero-order valence-electron chi connectivity index (χ0n) is 14.0. The molecule has 0 aliphatic heterocycles. The fourth-order valence-corrected chi connectivity index (χ4v) is 3.75. The first-order chi connectivity index (χ1) is 12.3. The number of benzene rings is 1. The highest BCUT2D eigenvalue weighted by molar-refractivity contribution is 5.85. The van der Waals surface area contributed by atoms with Gasteiger partial charge < -0.3 is 5.32 Å². The van der Waals surface area contributed by atoms with Gasteiger partial charge in [-0.05, 0) is 43.6 Å². The summed E-state index contributed by atoms with van der Waals surface area (Å²) in [6.45, 7) is 0. The number of anilines is 1. The Balaban J connectivity index is 1.30. The maximum absolute atomic E-state index is 14.3. The van der Waals surface area contributed by atoms with Crippen molar-refractivity contribution in [3.63, 3.8) is 0 Å². The summed E-state index contributed by atoms with van der Waals surface area (Å²) in [7, 11) is 0. The highest BCUT2D eigenvalue weighted by Crippen LogP contribution is 2.34. The monoisotopic (exact) mass is 339 g/mol. The van der Waals surface area contributed by atoms with Gasteiger partial charge in [-0.1, -0.05) is 30.3 Å². The molecule has 6 heteroatoms. The molecule has 2 N–H and O–H groups in total. The van der Waals surface area contributed by atoms with Gasteiger partial charge in [-0.3, -0.25) is 5.10 Å². The summed E-state index contributed by atoms with van der Waals surface area (Å²) in [5, 5.41) is 11.3. The van der Waals surface area contributed by atoms with Crippen molar-refractivity contribution in [3.8, 4) is 0 Å². The first-order valence-corrected chi connectivity index (χ1v) is 8.89. The van der Waals surface area contributed by atoms with Crippen LogP contribution in [-0.2, 0) is 0 Å². The molecule has 1 saturated carbocycles. The number of aromatic amines is 1. The molecule has 3 aromatic rings. The summed E-state index contributed by atoms with van der Waals surface area (Å²) in [6, 6.07) is 9.84. The van der Waals surface area contributed by atoms with Gasteiger partial charge >= 0.3 is 0 Å². The van der Waals surface area contributed by atoms with Crippen molar-refractivity contribution in [1.82, 2.24) is 20.2 Å². The zero-order chi connectivity index (χ0) is 17.1. The van der Waals surface area contributed by atoms with Crippen LogP contribution in [0.5, 0.6) is 0 Å².